The normalized spacial score (nSPS) is 18.4. The predicted molar refractivity (Wildman–Crippen MR) is 244 cm³/mol. The third-order valence-corrected chi connectivity index (χ3v) is 12.9. The maximum Gasteiger partial charge on any atom is 0.164 e. The lowest BCUT2D eigenvalue weighted by Crippen LogP contribution is -2.25. The highest BCUT2D eigenvalue weighted by atomic mass is 16.3. The molecule has 6 aromatic carbocycles. The van der Waals surface area contributed by atoms with Gasteiger partial charge in [0, 0.05) is 55.6 Å². The van der Waals surface area contributed by atoms with E-state index in [9.17, 15) is 0 Å². The summed E-state index contributed by atoms with van der Waals surface area (Å²) in [7, 11) is 0. The molecule has 3 atom stereocenters. The number of fused-ring (bicyclic) bond motifs is 6. The quantitative estimate of drug-likeness (QED) is 0.162. The number of allylic oxidation sites excluding steroid dienone is 4. The maximum absolute atomic E-state index is 6.63. The largest absolute Gasteiger partial charge is 0.456 e. The van der Waals surface area contributed by atoms with E-state index in [1.54, 1.807) is 0 Å². The van der Waals surface area contributed by atoms with Crippen molar-refractivity contribution in [2.75, 3.05) is 0 Å². The summed E-state index contributed by atoms with van der Waals surface area (Å²) >= 11 is 0. The Morgan fingerprint density at radius 1 is 0.633 bits per heavy atom. The predicted octanol–water partition coefficient (Wildman–Crippen LogP) is 12.2. The van der Waals surface area contributed by atoms with Gasteiger partial charge in [-0.25, -0.2) is 15.0 Å². The molecule has 5 nitrogen and oxygen atoms in total. The van der Waals surface area contributed by atoms with Crippen molar-refractivity contribution in [3.8, 4) is 39.9 Å². The van der Waals surface area contributed by atoms with Crippen LogP contribution in [0.4, 0.5) is 0 Å². The fraction of sp³-hybridized carbons (Fsp3) is 0.145. The van der Waals surface area contributed by atoms with Gasteiger partial charge in [-0.05, 0) is 90.3 Å². The summed E-state index contributed by atoms with van der Waals surface area (Å²) in [6.45, 7) is 2.32. The molecule has 3 aliphatic rings. The Bertz CT molecular complexity index is 3330. The average molecular weight is 775 g/mol. The second kappa shape index (κ2) is 14.0. The van der Waals surface area contributed by atoms with Crippen molar-refractivity contribution in [2.24, 2.45) is 5.92 Å². The highest BCUT2D eigenvalue weighted by molar-refractivity contribution is 6.09. The van der Waals surface area contributed by atoms with Crippen LogP contribution in [0.15, 0.2) is 168 Å². The van der Waals surface area contributed by atoms with Crippen LogP contribution in [0.5, 0.6) is 0 Å². The standard InChI is InChI=1S/C55H42N4O/c1-34-14-8-9-19-40(34)42-21-12-22-43(51(42)35-26-27-35)54-56-53(36-15-4-2-5-16-36)57-55(58-54)44-23-13-25-50-52(44)46-33-38(29-31-49(46)60-50)37-28-30-48-45(32-37)41-20-10-11-24-47(41)59(48)39-17-6-3-7-18-39/h2-25,28,30-35,38,40H,26-27,29H2,1H3. The molecule has 3 unspecified atom stereocenters. The molecular formula is C55H42N4O. The molecule has 3 heterocycles. The third kappa shape index (κ3) is 5.79. The Labute approximate surface area is 348 Å². The second-order valence-electron chi connectivity index (χ2n) is 16.6. The van der Waals surface area contributed by atoms with Crippen molar-refractivity contribution in [3.63, 3.8) is 0 Å². The molecule has 0 radical (unpaired) electrons. The van der Waals surface area contributed by atoms with Crippen LogP contribution >= 0.6 is 0 Å². The molecule has 0 spiro atoms. The van der Waals surface area contributed by atoms with Gasteiger partial charge in [-0.3, -0.25) is 0 Å². The summed E-state index contributed by atoms with van der Waals surface area (Å²) < 4.78 is 9.00. The molecular weight excluding hydrogens is 733 g/mol. The van der Waals surface area contributed by atoms with Crippen LogP contribution in [0.2, 0.25) is 0 Å². The number of aromatic nitrogens is 4. The monoisotopic (exact) mass is 774 g/mol. The van der Waals surface area contributed by atoms with Crippen LogP contribution in [-0.4, -0.2) is 19.5 Å². The summed E-state index contributed by atoms with van der Waals surface area (Å²) in [6.07, 6.45) is 16.9. The summed E-state index contributed by atoms with van der Waals surface area (Å²) in [5.41, 5.74) is 12.4. The molecule has 0 bridgehead atoms. The molecule has 0 aliphatic heterocycles. The minimum absolute atomic E-state index is 0.165. The van der Waals surface area contributed by atoms with E-state index in [1.165, 1.54) is 51.3 Å². The van der Waals surface area contributed by atoms with Gasteiger partial charge in [-0.1, -0.05) is 140 Å². The zero-order chi connectivity index (χ0) is 39.7. The molecule has 1 fully saturated rings. The number of hydrogen-bond donors (Lipinski definition) is 0. The van der Waals surface area contributed by atoms with E-state index in [0.29, 0.717) is 29.4 Å². The number of furan rings is 1. The Kier molecular flexibility index (Phi) is 8.15. The summed E-state index contributed by atoms with van der Waals surface area (Å²) in [6, 6.07) is 49.7. The molecule has 3 aromatic heterocycles. The first-order valence-electron chi connectivity index (χ1n) is 21.3. The van der Waals surface area contributed by atoms with Crippen LogP contribution in [-0.2, 0) is 0 Å². The van der Waals surface area contributed by atoms with Gasteiger partial charge in [0.2, 0.25) is 0 Å². The van der Waals surface area contributed by atoms with Crippen molar-refractivity contribution >= 4 is 44.9 Å². The fourth-order valence-electron chi connectivity index (χ4n) is 9.84. The lowest BCUT2D eigenvalue weighted by molar-refractivity contribution is 0.570. The van der Waals surface area contributed by atoms with Crippen molar-refractivity contribution in [3.05, 3.63) is 191 Å². The van der Waals surface area contributed by atoms with Crippen LogP contribution in [0.25, 0.3) is 84.8 Å². The minimum atomic E-state index is 0.165. The highest BCUT2D eigenvalue weighted by Gasteiger charge is 2.33. The first-order chi connectivity index (χ1) is 29.7. The first-order valence-corrected chi connectivity index (χ1v) is 21.3. The Morgan fingerprint density at radius 2 is 1.35 bits per heavy atom. The first kappa shape index (κ1) is 34.9. The molecule has 288 valence electrons. The number of hydrogen-bond acceptors (Lipinski definition) is 4. The Hall–Kier alpha value is -7.11. The van der Waals surface area contributed by atoms with Gasteiger partial charge in [0.25, 0.3) is 0 Å². The molecule has 0 amide bonds. The highest BCUT2D eigenvalue weighted by Crippen LogP contribution is 2.49. The van der Waals surface area contributed by atoms with Crippen molar-refractivity contribution in [1.29, 1.82) is 0 Å². The average Bonchev–Trinajstić information content (AvgIpc) is 4.01. The van der Waals surface area contributed by atoms with E-state index < -0.39 is 0 Å². The van der Waals surface area contributed by atoms with Crippen LogP contribution < -0.4 is 10.6 Å². The third-order valence-electron chi connectivity index (χ3n) is 12.9. The molecule has 5 heteroatoms. The van der Waals surface area contributed by atoms with Gasteiger partial charge in [0.05, 0.1) is 11.0 Å². The summed E-state index contributed by atoms with van der Waals surface area (Å²) in [4.78, 5) is 15.9. The SMILES string of the molecule is CC1C=CC=CC1c1cccc(-c2nc(-c3ccccc3)nc(-c3cccc4oc5c(c34)=CC(c3ccc4c(c3)c3ccccc3n4-c3ccccc3)CC=5)n2)c1C1CC1. The van der Waals surface area contributed by atoms with Crippen molar-refractivity contribution in [1.82, 2.24) is 19.5 Å². The smallest absolute Gasteiger partial charge is 0.164 e. The van der Waals surface area contributed by atoms with Crippen molar-refractivity contribution < 1.29 is 4.42 Å². The van der Waals surface area contributed by atoms with Gasteiger partial charge in [-0.15, -0.1) is 0 Å². The summed E-state index contributed by atoms with van der Waals surface area (Å²) in [5.74, 6) is 3.44. The number of nitrogens with zero attached hydrogens (tertiary/aromatic N) is 4. The number of para-hydroxylation sites is 2. The van der Waals surface area contributed by atoms with Crippen molar-refractivity contribution in [2.45, 2.75) is 43.9 Å². The number of benzene rings is 6. The van der Waals surface area contributed by atoms with E-state index >= 15 is 0 Å². The molecule has 3 aliphatic carbocycles. The van der Waals surface area contributed by atoms with Gasteiger partial charge in [0.1, 0.15) is 11.0 Å². The Balaban J connectivity index is 1.02. The Morgan fingerprint density at radius 3 is 2.18 bits per heavy atom. The van der Waals surface area contributed by atoms with E-state index in [4.69, 9.17) is 19.4 Å². The van der Waals surface area contributed by atoms with E-state index in [1.807, 2.05) is 18.2 Å². The minimum Gasteiger partial charge on any atom is -0.456 e. The lowest BCUT2D eigenvalue weighted by Gasteiger charge is -2.25. The molecule has 0 saturated heterocycles. The van der Waals surface area contributed by atoms with Crippen LogP contribution in [0.3, 0.4) is 0 Å². The lowest BCUT2D eigenvalue weighted by atomic mass is 9.80. The summed E-state index contributed by atoms with van der Waals surface area (Å²) in [5, 5.41) is 4.65. The molecule has 12 rings (SSSR count). The van der Waals surface area contributed by atoms with Gasteiger partial charge in [-0.2, -0.15) is 0 Å². The van der Waals surface area contributed by atoms with Gasteiger partial charge in [0.15, 0.2) is 17.5 Å². The fourth-order valence-corrected chi connectivity index (χ4v) is 9.84. The molecule has 1 saturated carbocycles. The second-order valence-corrected chi connectivity index (χ2v) is 16.6. The zero-order valence-corrected chi connectivity index (χ0v) is 33.4. The van der Waals surface area contributed by atoms with E-state index in [0.717, 1.165) is 56.2 Å². The molecule has 0 N–H and O–H groups in total. The molecule has 60 heavy (non-hydrogen) atoms. The van der Waals surface area contributed by atoms with Crippen LogP contribution in [0, 0.1) is 5.92 Å². The van der Waals surface area contributed by atoms with E-state index in [2.05, 4.69) is 169 Å². The topological polar surface area (TPSA) is 56.7 Å². The molecule has 9 aromatic rings. The van der Waals surface area contributed by atoms with E-state index in [-0.39, 0.29) is 5.92 Å². The zero-order valence-electron chi connectivity index (χ0n) is 33.4. The number of rotatable bonds is 7. The maximum atomic E-state index is 6.63. The van der Waals surface area contributed by atoms with Crippen LogP contribution in [0.1, 0.15) is 60.6 Å². The van der Waals surface area contributed by atoms with Gasteiger partial charge >= 0.3 is 0 Å². The van der Waals surface area contributed by atoms with Gasteiger partial charge < -0.3 is 8.98 Å².